The maximum absolute atomic E-state index is 13.0. The molecule has 0 saturated carbocycles. The average molecular weight is 555 g/mol. The van der Waals surface area contributed by atoms with Crippen LogP contribution < -0.4 is 19.6 Å². The first-order valence-electron chi connectivity index (χ1n) is 12.4. The summed E-state index contributed by atoms with van der Waals surface area (Å²) in [6, 6.07) is 17.7. The van der Waals surface area contributed by atoms with Gasteiger partial charge >= 0.3 is 0 Å². The molecule has 1 aliphatic rings. The van der Waals surface area contributed by atoms with Gasteiger partial charge < -0.3 is 39.1 Å². The van der Waals surface area contributed by atoms with Gasteiger partial charge in [-0.1, -0.05) is 12.1 Å². The Kier molecular flexibility index (Phi) is 6.15. The van der Waals surface area contributed by atoms with E-state index < -0.39 is 17.3 Å². The first-order valence-corrected chi connectivity index (χ1v) is 12.4. The zero-order valence-electron chi connectivity index (χ0n) is 21.5. The van der Waals surface area contributed by atoms with E-state index >= 15 is 0 Å². The van der Waals surface area contributed by atoms with Gasteiger partial charge in [0.25, 0.3) is 0 Å². The lowest BCUT2D eigenvalue weighted by molar-refractivity contribution is 0.0845. The van der Waals surface area contributed by atoms with Crippen molar-refractivity contribution >= 4 is 16.8 Å². The molecular formula is C31H22O10. The van der Waals surface area contributed by atoms with Crippen molar-refractivity contribution in [1.29, 1.82) is 0 Å². The van der Waals surface area contributed by atoms with Gasteiger partial charge in [-0.3, -0.25) is 9.59 Å². The summed E-state index contributed by atoms with van der Waals surface area (Å²) >= 11 is 0. The lowest BCUT2D eigenvalue weighted by Crippen LogP contribution is -2.20. The predicted octanol–water partition coefficient (Wildman–Crippen LogP) is 5.79. The zero-order valence-corrected chi connectivity index (χ0v) is 21.5. The number of phenolic OH excluding ortho intramolecular Hbond substituents is 4. The highest BCUT2D eigenvalue weighted by Gasteiger charge is 2.31. The van der Waals surface area contributed by atoms with Gasteiger partial charge in [-0.2, -0.15) is 0 Å². The Morgan fingerprint density at radius 1 is 0.854 bits per heavy atom. The van der Waals surface area contributed by atoms with Gasteiger partial charge in [-0.25, -0.2) is 0 Å². The van der Waals surface area contributed by atoms with Crippen molar-refractivity contribution in [3.8, 4) is 57.3 Å². The Labute approximate surface area is 231 Å². The smallest absolute Gasteiger partial charge is 0.211 e. The van der Waals surface area contributed by atoms with E-state index in [0.717, 1.165) is 6.07 Å². The number of aromatic hydroxyl groups is 4. The Hall–Kier alpha value is -5.64. The second kappa shape index (κ2) is 9.83. The quantitative estimate of drug-likeness (QED) is 0.210. The number of methoxy groups -OCH3 is 1. The molecule has 0 saturated heterocycles. The van der Waals surface area contributed by atoms with Crippen LogP contribution in [0.4, 0.5) is 0 Å². The van der Waals surface area contributed by atoms with Crippen molar-refractivity contribution in [2.45, 2.75) is 12.5 Å². The van der Waals surface area contributed by atoms with Crippen molar-refractivity contribution in [1.82, 2.24) is 0 Å². The molecule has 0 radical (unpaired) electrons. The molecule has 1 aromatic heterocycles. The molecule has 4 aromatic carbocycles. The largest absolute Gasteiger partial charge is 0.508 e. The van der Waals surface area contributed by atoms with E-state index in [9.17, 15) is 30.0 Å². The number of hydrogen-bond donors (Lipinski definition) is 4. The molecule has 0 fully saturated rings. The fraction of sp³-hybridized carbons (Fsp3) is 0.0968. The first kappa shape index (κ1) is 25.6. The van der Waals surface area contributed by atoms with Crippen LogP contribution in [0.1, 0.15) is 28.4 Å². The fourth-order valence-corrected chi connectivity index (χ4v) is 4.76. The molecule has 10 nitrogen and oxygen atoms in total. The molecule has 0 bridgehead atoms. The zero-order chi connectivity index (χ0) is 28.8. The van der Waals surface area contributed by atoms with Gasteiger partial charge in [0.05, 0.1) is 13.5 Å². The van der Waals surface area contributed by atoms with Crippen LogP contribution in [0, 0.1) is 0 Å². The molecule has 41 heavy (non-hydrogen) atoms. The van der Waals surface area contributed by atoms with Crippen LogP contribution in [0.3, 0.4) is 0 Å². The van der Waals surface area contributed by atoms with E-state index in [-0.39, 0.29) is 69.0 Å². The van der Waals surface area contributed by atoms with Crippen LogP contribution in [0.15, 0.2) is 82.0 Å². The SMILES string of the molecule is COc1cc2oc(-c3ccc(O)cc3)cc(=O)c2c(O)c1Oc1ccc(C2CC(=O)c3c(O)cc(O)cc3O2)cc1. The van der Waals surface area contributed by atoms with Crippen molar-refractivity contribution in [2.24, 2.45) is 0 Å². The molecule has 0 aliphatic carbocycles. The van der Waals surface area contributed by atoms with Crippen LogP contribution in [-0.2, 0) is 0 Å². The van der Waals surface area contributed by atoms with E-state index in [4.69, 9.17) is 18.6 Å². The Morgan fingerprint density at radius 3 is 2.29 bits per heavy atom. The van der Waals surface area contributed by atoms with Crippen molar-refractivity contribution in [3.05, 3.63) is 94.1 Å². The minimum absolute atomic E-state index is 0.0211. The van der Waals surface area contributed by atoms with Gasteiger partial charge in [0.15, 0.2) is 22.7 Å². The summed E-state index contributed by atoms with van der Waals surface area (Å²) in [6.07, 6.45) is -0.687. The third-order valence-corrected chi connectivity index (χ3v) is 6.74. The monoisotopic (exact) mass is 554 g/mol. The first-order chi connectivity index (χ1) is 19.7. The van der Waals surface area contributed by atoms with Gasteiger partial charge in [-0.05, 0) is 42.0 Å². The van der Waals surface area contributed by atoms with Crippen LogP contribution in [0.2, 0.25) is 0 Å². The van der Waals surface area contributed by atoms with Crippen LogP contribution in [0.5, 0.6) is 46.0 Å². The molecule has 1 atom stereocenters. The highest BCUT2D eigenvalue weighted by atomic mass is 16.5. The van der Waals surface area contributed by atoms with Gasteiger partial charge in [0, 0.05) is 29.8 Å². The minimum Gasteiger partial charge on any atom is -0.508 e. The number of Topliss-reactive ketones (excluding diaryl/α,β-unsaturated/α-hetero) is 1. The lowest BCUT2D eigenvalue weighted by Gasteiger charge is -2.26. The third kappa shape index (κ3) is 4.61. The van der Waals surface area contributed by atoms with Crippen LogP contribution in [-0.4, -0.2) is 33.3 Å². The summed E-state index contributed by atoms with van der Waals surface area (Å²) in [5, 5.41) is 40.3. The topological polar surface area (TPSA) is 156 Å². The number of rotatable bonds is 5. The lowest BCUT2D eigenvalue weighted by atomic mass is 9.95. The number of carbonyl (C=O) groups is 1. The number of phenols is 4. The number of hydrogen-bond acceptors (Lipinski definition) is 10. The maximum Gasteiger partial charge on any atom is 0.211 e. The van der Waals surface area contributed by atoms with Crippen molar-refractivity contribution in [3.63, 3.8) is 0 Å². The van der Waals surface area contributed by atoms with E-state index in [1.165, 1.54) is 37.4 Å². The summed E-state index contributed by atoms with van der Waals surface area (Å²) in [4.78, 5) is 25.6. The number of carbonyl (C=O) groups excluding carboxylic acids is 1. The summed E-state index contributed by atoms with van der Waals surface area (Å²) in [5.74, 6) is -0.661. The third-order valence-electron chi connectivity index (χ3n) is 6.74. The molecular weight excluding hydrogens is 532 g/mol. The van der Waals surface area contributed by atoms with E-state index in [2.05, 4.69) is 0 Å². The summed E-state index contributed by atoms with van der Waals surface area (Å²) < 4.78 is 23.1. The Balaban J connectivity index is 1.30. The molecule has 6 rings (SSSR count). The minimum atomic E-state index is -0.665. The summed E-state index contributed by atoms with van der Waals surface area (Å²) in [6.45, 7) is 0. The van der Waals surface area contributed by atoms with E-state index in [0.29, 0.717) is 16.9 Å². The second-order valence-electron chi connectivity index (χ2n) is 9.39. The molecule has 206 valence electrons. The van der Waals surface area contributed by atoms with Gasteiger partial charge in [-0.15, -0.1) is 0 Å². The Morgan fingerprint density at radius 2 is 1.59 bits per heavy atom. The normalized spacial score (nSPS) is 14.4. The molecule has 1 unspecified atom stereocenters. The van der Waals surface area contributed by atoms with Crippen LogP contribution >= 0.6 is 0 Å². The van der Waals surface area contributed by atoms with Crippen LogP contribution in [0.25, 0.3) is 22.3 Å². The van der Waals surface area contributed by atoms with E-state index in [1.807, 2.05) is 0 Å². The molecule has 1 aliphatic heterocycles. The molecule has 2 heterocycles. The molecule has 10 heteroatoms. The number of benzene rings is 4. The summed E-state index contributed by atoms with van der Waals surface area (Å²) in [7, 11) is 1.38. The Bertz CT molecular complexity index is 1870. The highest BCUT2D eigenvalue weighted by molar-refractivity contribution is 6.02. The van der Waals surface area contributed by atoms with Crippen molar-refractivity contribution < 1.29 is 43.8 Å². The van der Waals surface area contributed by atoms with Crippen molar-refractivity contribution in [2.75, 3.05) is 7.11 Å². The molecule has 5 aromatic rings. The number of ketones is 1. The molecule has 4 N–H and O–H groups in total. The van der Waals surface area contributed by atoms with Gasteiger partial charge in [0.1, 0.15) is 57.1 Å². The second-order valence-corrected chi connectivity index (χ2v) is 9.39. The molecule has 0 spiro atoms. The summed E-state index contributed by atoms with van der Waals surface area (Å²) in [5.41, 5.74) is 0.787. The molecule has 0 amide bonds. The average Bonchev–Trinajstić information content (AvgIpc) is 2.94. The standard InChI is InChI=1S/C31H22O10/c1-38-27-14-26-29(22(36)13-24(41-26)15-2-6-17(32)7-3-15)30(37)31(27)39-19-8-4-16(5-9-19)23-12-21(35)28-20(34)10-18(33)11-25(28)40-23/h2-11,13-14,23,32-34,37H,12H2,1H3. The number of fused-ring (bicyclic) bond motifs is 2. The van der Waals surface area contributed by atoms with Gasteiger partial charge in [0.2, 0.25) is 5.75 Å². The van der Waals surface area contributed by atoms with E-state index in [1.54, 1.807) is 36.4 Å². The number of ether oxygens (including phenoxy) is 3. The maximum atomic E-state index is 13.0. The fourth-order valence-electron chi connectivity index (χ4n) is 4.76. The predicted molar refractivity (Wildman–Crippen MR) is 146 cm³/mol. The highest BCUT2D eigenvalue weighted by Crippen LogP contribution is 2.45.